The number of hydrogen-bond donors (Lipinski definition) is 3. The third-order valence-corrected chi connectivity index (χ3v) is 3.95. The van der Waals surface area contributed by atoms with Gasteiger partial charge in [-0.25, -0.2) is 13.9 Å². The monoisotopic (exact) mass is 336 g/mol. The summed E-state index contributed by atoms with van der Waals surface area (Å²) in [6, 6.07) is 13.6. The first-order valence-electron chi connectivity index (χ1n) is 6.06. The van der Waals surface area contributed by atoms with Gasteiger partial charge in [0.05, 0.1) is 4.90 Å². The zero-order valence-corrected chi connectivity index (χ0v) is 12.4. The Morgan fingerprint density at radius 3 is 1.96 bits per heavy atom. The van der Waals surface area contributed by atoms with E-state index in [-0.39, 0.29) is 16.6 Å². The maximum Gasteiger partial charge on any atom is 0.373 e. The average molecular weight is 336 g/mol. The second kappa shape index (κ2) is 8.44. The summed E-state index contributed by atoms with van der Waals surface area (Å²) >= 11 is 0. The van der Waals surface area contributed by atoms with Gasteiger partial charge in [-0.15, -0.1) is 0 Å². The SMILES string of the molecule is O=C(NO)c1ccc(NS(=O)(=O)c2ccccc2)cc1.O=C=O. The average Bonchev–Trinajstić information content (AvgIpc) is 2.56. The fourth-order valence-electron chi connectivity index (χ4n) is 1.57. The van der Waals surface area contributed by atoms with E-state index in [0.29, 0.717) is 5.69 Å². The molecule has 0 saturated heterocycles. The molecular formula is C14H12N2O6S. The molecule has 0 atom stereocenters. The van der Waals surface area contributed by atoms with Crippen LogP contribution in [0, 0.1) is 0 Å². The lowest BCUT2D eigenvalue weighted by atomic mass is 10.2. The van der Waals surface area contributed by atoms with Crippen LogP contribution >= 0.6 is 0 Å². The molecule has 0 aliphatic carbocycles. The molecule has 9 heteroatoms. The first kappa shape index (κ1) is 18.1. The van der Waals surface area contributed by atoms with Gasteiger partial charge in [-0.1, -0.05) is 18.2 Å². The van der Waals surface area contributed by atoms with E-state index in [1.165, 1.54) is 41.9 Å². The van der Waals surface area contributed by atoms with Gasteiger partial charge in [0.1, 0.15) is 0 Å². The molecule has 0 heterocycles. The van der Waals surface area contributed by atoms with Gasteiger partial charge in [0, 0.05) is 11.3 Å². The molecule has 2 aromatic rings. The second-order valence-corrected chi connectivity index (χ2v) is 5.70. The number of nitrogens with one attached hydrogen (secondary N) is 2. The van der Waals surface area contributed by atoms with E-state index in [1.54, 1.807) is 18.2 Å². The number of anilines is 1. The Labute approximate surface area is 131 Å². The van der Waals surface area contributed by atoms with Crippen LogP contribution in [0.2, 0.25) is 0 Å². The van der Waals surface area contributed by atoms with E-state index in [0.717, 1.165) is 0 Å². The van der Waals surface area contributed by atoms with Crippen LogP contribution in [-0.4, -0.2) is 25.7 Å². The number of amides is 1. The van der Waals surface area contributed by atoms with Gasteiger partial charge in [0.15, 0.2) is 0 Å². The van der Waals surface area contributed by atoms with Gasteiger partial charge in [0.25, 0.3) is 15.9 Å². The van der Waals surface area contributed by atoms with E-state index >= 15 is 0 Å². The molecule has 2 rings (SSSR count). The Morgan fingerprint density at radius 2 is 1.48 bits per heavy atom. The van der Waals surface area contributed by atoms with E-state index in [2.05, 4.69) is 4.72 Å². The predicted octanol–water partition coefficient (Wildman–Crippen LogP) is 1.02. The maximum atomic E-state index is 12.0. The molecule has 8 nitrogen and oxygen atoms in total. The number of benzene rings is 2. The van der Waals surface area contributed by atoms with Crippen molar-refractivity contribution >= 4 is 27.8 Å². The van der Waals surface area contributed by atoms with Gasteiger partial charge in [-0.3, -0.25) is 14.7 Å². The quantitative estimate of drug-likeness (QED) is 0.564. The molecule has 0 fully saturated rings. The number of carbonyl (C=O) groups is 1. The summed E-state index contributed by atoms with van der Waals surface area (Å²) in [5, 5.41) is 8.48. The number of rotatable bonds is 4. The first-order valence-corrected chi connectivity index (χ1v) is 7.54. The molecule has 2 aromatic carbocycles. The molecule has 0 saturated carbocycles. The van der Waals surface area contributed by atoms with Crippen LogP contribution in [0.25, 0.3) is 0 Å². The largest absolute Gasteiger partial charge is 0.373 e. The molecule has 120 valence electrons. The lowest BCUT2D eigenvalue weighted by Gasteiger charge is -2.08. The van der Waals surface area contributed by atoms with Crippen molar-refractivity contribution in [1.82, 2.24) is 5.48 Å². The van der Waals surface area contributed by atoms with Crippen molar-refractivity contribution in [1.29, 1.82) is 0 Å². The van der Waals surface area contributed by atoms with Gasteiger partial charge in [-0.05, 0) is 36.4 Å². The lowest BCUT2D eigenvalue weighted by Crippen LogP contribution is -2.18. The zero-order valence-electron chi connectivity index (χ0n) is 11.6. The van der Waals surface area contributed by atoms with Crippen LogP contribution in [0.4, 0.5) is 5.69 Å². The molecule has 0 spiro atoms. The van der Waals surface area contributed by atoms with Crippen molar-refractivity contribution in [3.63, 3.8) is 0 Å². The van der Waals surface area contributed by atoms with Crippen LogP contribution in [0.1, 0.15) is 10.4 Å². The van der Waals surface area contributed by atoms with E-state index in [1.807, 2.05) is 0 Å². The fourth-order valence-corrected chi connectivity index (χ4v) is 2.65. The predicted molar refractivity (Wildman–Crippen MR) is 78.0 cm³/mol. The van der Waals surface area contributed by atoms with Crippen molar-refractivity contribution < 1.29 is 28.0 Å². The maximum absolute atomic E-state index is 12.0. The second-order valence-electron chi connectivity index (χ2n) is 4.02. The van der Waals surface area contributed by atoms with E-state index in [9.17, 15) is 13.2 Å². The molecule has 1 amide bonds. The Kier molecular flexibility index (Phi) is 6.63. The first-order chi connectivity index (χ1) is 10.9. The zero-order chi connectivity index (χ0) is 17.3. The number of carbonyl (C=O) groups excluding carboxylic acids is 3. The van der Waals surface area contributed by atoms with Crippen LogP contribution in [0.15, 0.2) is 59.5 Å². The minimum absolute atomic E-state index is 0.150. The Hall–Kier alpha value is -3.00. The highest BCUT2D eigenvalue weighted by molar-refractivity contribution is 7.92. The summed E-state index contributed by atoms with van der Waals surface area (Å²) in [4.78, 5) is 27.5. The molecular weight excluding hydrogens is 324 g/mol. The van der Waals surface area contributed by atoms with Crippen LogP contribution in [0.3, 0.4) is 0 Å². The summed E-state index contributed by atoms with van der Waals surface area (Å²) < 4.78 is 26.5. The molecule has 0 unspecified atom stereocenters. The van der Waals surface area contributed by atoms with Crippen LogP contribution in [-0.2, 0) is 19.6 Å². The minimum atomic E-state index is -3.65. The molecule has 0 aromatic heterocycles. The highest BCUT2D eigenvalue weighted by Gasteiger charge is 2.13. The highest BCUT2D eigenvalue weighted by Crippen LogP contribution is 2.16. The standard InChI is InChI=1S/C13H12N2O4S.CO2/c16-13(14-17)10-6-8-11(9-7-10)15-20(18,19)12-4-2-1-3-5-12;2-1-3/h1-9,15,17H,(H,14,16);. The molecule has 0 bridgehead atoms. The molecule has 0 radical (unpaired) electrons. The van der Waals surface area contributed by atoms with Gasteiger partial charge in [-0.2, -0.15) is 9.59 Å². The Morgan fingerprint density at radius 1 is 0.957 bits per heavy atom. The van der Waals surface area contributed by atoms with Crippen LogP contribution in [0.5, 0.6) is 0 Å². The van der Waals surface area contributed by atoms with Crippen molar-refractivity contribution in [3.05, 3.63) is 60.2 Å². The molecule has 3 N–H and O–H groups in total. The minimum Gasteiger partial charge on any atom is -0.288 e. The Bertz CT molecular complexity index is 782. The van der Waals surface area contributed by atoms with Crippen LogP contribution < -0.4 is 10.2 Å². The van der Waals surface area contributed by atoms with Gasteiger partial charge in [0.2, 0.25) is 0 Å². The fraction of sp³-hybridized carbons (Fsp3) is 0. The topological polar surface area (TPSA) is 130 Å². The summed E-state index contributed by atoms with van der Waals surface area (Å²) in [7, 11) is -3.65. The van der Waals surface area contributed by atoms with Crippen molar-refractivity contribution in [2.45, 2.75) is 4.90 Å². The highest BCUT2D eigenvalue weighted by atomic mass is 32.2. The summed E-state index contributed by atoms with van der Waals surface area (Å²) in [5.74, 6) is -0.664. The molecule has 23 heavy (non-hydrogen) atoms. The normalized spacial score (nSPS) is 9.78. The number of sulfonamides is 1. The summed E-state index contributed by atoms with van der Waals surface area (Å²) in [5.41, 5.74) is 2.04. The third-order valence-electron chi connectivity index (χ3n) is 2.55. The van der Waals surface area contributed by atoms with Crippen molar-refractivity contribution in [2.75, 3.05) is 4.72 Å². The van der Waals surface area contributed by atoms with Gasteiger partial charge < -0.3 is 0 Å². The molecule has 0 aliphatic rings. The lowest BCUT2D eigenvalue weighted by molar-refractivity contribution is -0.191. The smallest absolute Gasteiger partial charge is 0.288 e. The van der Waals surface area contributed by atoms with E-state index < -0.39 is 15.9 Å². The van der Waals surface area contributed by atoms with Crippen molar-refractivity contribution in [3.8, 4) is 0 Å². The third kappa shape index (κ3) is 5.36. The number of hydroxylamine groups is 1. The molecule has 0 aliphatic heterocycles. The van der Waals surface area contributed by atoms with Crippen molar-refractivity contribution in [2.24, 2.45) is 0 Å². The summed E-state index contributed by atoms with van der Waals surface area (Å²) in [6.07, 6.45) is 0.250. The van der Waals surface area contributed by atoms with E-state index in [4.69, 9.17) is 14.8 Å². The number of hydrogen-bond acceptors (Lipinski definition) is 6. The Balaban J connectivity index is 0.000000816. The summed E-state index contributed by atoms with van der Waals surface area (Å²) in [6.45, 7) is 0. The van der Waals surface area contributed by atoms with Gasteiger partial charge >= 0.3 is 6.15 Å².